The van der Waals surface area contributed by atoms with Crippen LogP contribution in [-0.4, -0.2) is 17.0 Å². The van der Waals surface area contributed by atoms with E-state index in [4.69, 9.17) is 5.26 Å². The van der Waals surface area contributed by atoms with Crippen molar-refractivity contribution in [1.29, 1.82) is 5.26 Å². The summed E-state index contributed by atoms with van der Waals surface area (Å²) < 4.78 is 0. The maximum atomic E-state index is 12.4. The molecule has 0 saturated carbocycles. The third kappa shape index (κ3) is 3.99. The smallest absolute Gasteiger partial charge is 0.337 e. The van der Waals surface area contributed by atoms with E-state index in [0.29, 0.717) is 5.69 Å². The van der Waals surface area contributed by atoms with Gasteiger partial charge in [-0.3, -0.25) is 4.79 Å². The van der Waals surface area contributed by atoms with Crippen molar-refractivity contribution < 1.29 is 14.7 Å². The van der Waals surface area contributed by atoms with Crippen LogP contribution < -0.4 is 5.32 Å². The molecule has 0 aromatic heterocycles. The Hall–Kier alpha value is -3.13. The van der Waals surface area contributed by atoms with Crippen LogP contribution in [0.1, 0.15) is 51.6 Å². The second kappa shape index (κ2) is 7.93. The summed E-state index contributed by atoms with van der Waals surface area (Å²) in [6.45, 7) is 2.13. The Bertz CT molecular complexity index is 789. The Labute approximate surface area is 140 Å². The number of aryl methyl sites for hydroxylation is 1. The van der Waals surface area contributed by atoms with Gasteiger partial charge in [-0.25, -0.2) is 4.79 Å². The summed E-state index contributed by atoms with van der Waals surface area (Å²) in [5, 5.41) is 21.0. The van der Waals surface area contributed by atoms with Crippen LogP contribution in [0.4, 0.5) is 5.69 Å². The number of carboxylic acid groups (broad SMARTS) is 1. The van der Waals surface area contributed by atoms with E-state index < -0.39 is 11.9 Å². The number of hydrogen-bond acceptors (Lipinski definition) is 3. The van der Waals surface area contributed by atoms with Gasteiger partial charge in [0, 0.05) is 5.69 Å². The summed E-state index contributed by atoms with van der Waals surface area (Å²) in [5.41, 5.74) is 1.42. The van der Waals surface area contributed by atoms with Crippen molar-refractivity contribution in [3.8, 4) is 6.07 Å². The van der Waals surface area contributed by atoms with Crippen molar-refractivity contribution in [3.05, 3.63) is 64.7 Å². The van der Waals surface area contributed by atoms with E-state index in [9.17, 15) is 14.7 Å². The molecular weight excluding hydrogens is 304 g/mol. The number of hydrogen-bond donors (Lipinski definition) is 2. The van der Waals surface area contributed by atoms with Crippen molar-refractivity contribution >= 4 is 17.6 Å². The molecule has 1 amide bonds. The molecule has 0 aliphatic heterocycles. The molecule has 0 aliphatic rings. The van der Waals surface area contributed by atoms with E-state index in [2.05, 4.69) is 12.2 Å². The highest BCUT2D eigenvalue weighted by Gasteiger charge is 2.20. The van der Waals surface area contributed by atoms with Gasteiger partial charge in [0.2, 0.25) is 0 Å². The Morgan fingerprint density at radius 1 is 1.17 bits per heavy atom. The third-order valence-electron chi connectivity index (χ3n) is 3.67. The number of anilines is 1. The van der Waals surface area contributed by atoms with Crippen LogP contribution in [0, 0.1) is 11.3 Å². The van der Waals surface area contributed by atoms with Gasteiger partial charge in [-0.2, -0.15) is 5.26 Å². The molecule has 0 saturated heterocycles. The monoisotopic (exact) mass is 322 g/mol. The van der Waals surface area contributed by atoms with Gasteiger partial charge in [0.1, 0.15) is 6.07 Å². The normalized spacial score (nSPS) is 10.0. The quantitative estimate of drug-likeness (QED) is 0.845. The number of benzene rings is 2. The molecule has 0 atom stereocenters. The fourth-order valence-electron chi connectivity index (χ4n) is 2.40. The summed E-state index contributed by atoms with van der Waals surface area (Å²) in [5.74, 6) is -1.85. The second-order valence-electron chi connectivity index (χ2n) is 5.40. The third-order valence-corrected chi connectivity index (χ3v) is 3.67. The molecule has 122 valence electrons. The number of carboxylic acids is 1. The first kappa shape index (κ1) is 17.2. The molecule has 0 bridgehead atoms. The highest BCUT2D eigenvalue weighted by atomic mass is 16.4. The number of nitrogens with zero attached hydrogens (tertiary/aromatic N) is 1. The lowest BCUT2D eigenvalue weighted by molar-refractivity contribution is 0.0692. The second-order valence-corrected chi connectivity index (χ2v) is 5.40. The number of nitrogens with one attached hydrogen (secondary N) is 1. The summed E-state index contributed by atoms with van der Waals surface area (Å²) in [6, 6.07) is 13.5. The first-order valence-corrected chi connectivity index (χ1v) is 7.73. The molecule has 2 N–H and O–H groups in total. The van der Waals surface area contributed by atoms with Crippen LogP contribution in [0.3, 0.4) is 0 Å². The average Bonchev–Trinajstić information content (AvgIpc) is 2.60. The Balaban J connectivity index is 2.21. The van der Waals surface area contributed by atoms with E-state index >= 15 is 0 Å². The lowest BCUT2D eigenvalue weighted by Gasteiger charge is -2.09. The highest BCUT2D eigenvalue weighted by molar-refractivity contribution is 6.11. The highest BCUT2D eigenvalue weighted by Crippen LogP contribution is 2.18. The SMILES string of the molecule is CCCCc1ccc(NC(=O)c2cccc(C#N)c2C(=O)O)cc1. The number of carbonyl (C=O) groups excluding carboxylic acids is 1. The molecule has 0 unspecified atom stereocenters. The van der Waals surface area contributed by atoms with Gasteiger partial charge < -0.3 is 10.4 Å². The van der Waals surface area contributed by atoms with Gasteiger partial charge >= 0.3 is 5.97 Å². The van der Waals surface area contributed by atoms with Gasteiger partial charge in [-0.1, -0.05) is 31.5 Å². The predicted molar refractivity (Wildman–Crippen MR) is 91.1 cm³/mol. The van der Waals surface area contributed by atoms with E-state index in [1.54, 1.807) is 18.2 Å². The van der Waals surface area contributed by atoms with Gasteiger partial charge in [0.15, 0.2) is 0 Å². The summed E-state index contributed by atoms with van der Waals surface area (Å²) in [7, 11) is 0. The minimum absolute atomic E-state index is 0.0309. The van der Waals surface area contributed by atoms with E-state index in [-0.39, 0.29) is 16.7 Å². The minimum atomic E-state index is -1.30. The Morgan fingerprint density at radius 2 is 1.88 bits per heavy atom. The molecule has 5 nitrogen and oxygen atoms in total. The number of rotatable bonds is 6. The summed E-state index contributed by atoms with van der Waals surface area (Å²) in [4.78, 5) is 23.8. The first-order chi connectivity index (χ1) is 11.6. The Kier molecular flexibility index (Phi) is 5.69. The van der Waals surface area contributed by atoms with Gasteiger partial charge in [0.05, 0.1) is 16.7 Å². The van der Waals surface area contributed by atoms with E-state index in [0.717, 1.165) is 19.3 Å². The molecular formula is C19H18N2O3. The van der Waals surface area contributed by atoms with Crippen molar-refractivity contribution in [1.82, 2.24) is 0 Å². The van der Waals surface area contributed by atoms with Gasteiger partial charge in [-0.15, -0.1) is 0 Å². The molecule has 24 heavy (non-hydrogen) atoms. The predicted octanol–water partition coefficient (Wildman–Crippen LogP) is 3.85. The zero-order chi connectivity index (χ0) is 17.5. The molecule has 0 heterocycles. The zero-order valence-corrected chi connectivity index (χ0v) is 13.4. The van der Waals surface area contributed by atoms with Gasteiger partial charge in [0.25, 0.3) is 5.91 Å². The van der Waals surface area contributed by atoms with Crippen LogP contribution in [0.25, 0.3) is 0 Å². The van der Waals surface area contributed by atoms with Crippen molar-refractivity contribution in [2.45, 2.75) is 26.2 Å². The van der Waals surface area contributed by atoms with E-state index in [1.807, 2.05) is 12.1 Å². The van der Waals surface area contributed by atoms with Crippen molar-refractivity contribution in [3.63, 3.8) is 0 Å². The topological polar surface area (TPSA) is 90.2 Å². The number of nitriles is 1. The lowest BCUT2D eigenvalue weighted by atomic mass is 10.0. The number of carbonyl (C=O) groups is 2. The molecule has 0 fully saturated rings. The van der Waals surface area contributed by atoms with Gasteiger partial charge in [-0.05, 0) is 42.7 Å². The number of aromatic carboxylic acids is 1. The fourth-order valence-corrected chi connectivity index (χ4v) is 2.40. The average molecular weight is 322 g/mol. The summed E-state index contributed by atoms with van der Waals surface area (Å²) in [6.07, 6.45) is 3.21. The molecule has 5 heteroatoms. The van der Waals surface area contributed by atoms with Crippen LogP contribution in [0.5, 0.6) is 0 Å². The van der Waals surface area contributed by atoms with Crippen LogP contribution >= 0.6 is 0 Å². The number of amides is 1. The largest absolute Gasteiger partial charge is 0.478 e. The number of unbranched alkanes of at least 4 members (excludes halogenated alkanes) is 1. The minimum Gasteiger partial charge on any atom is -0.478 e. The standard InChI is InChI=1S/C19H18N2O3/c1-2-3-5-13-8-10-15(11-9-13)21-18(22)16-7-4-6-14(12-20)17(16)19(23)24/h4,6-11H,2-3,5H2,1H3,(H,21,22)(H,23,24). The molecule has 2 rings (SSSR count). The zero-order valence-electron chi connectivity index (χ0n) is 13.4. The van der Waals surface area contributed by atoms with Crippen molar-refractivity contribution in [2.24, 2.45) is 0 Å². The van der Waals surface area contributed by atoms with Crippen LogP contribution in [-0.2, 0) is 6.42 Å². The van der Waals surface area contributed by atoms with Crippen molar-refractivity contribution in [2.75, 3.05) is 5.32 Å². The summed E-state index contributed by atoms with van der Waals surface area (Å²) >= 11 is 0. The molecule has 2 aromatic rings. The molecule has 0 spiro atoms. The maximum Gasteiger partial charge on any atom is 0.337 e. The lowest BCUT2D eigenvalue weighted by Crippen LogP contribution is -2.17. The Morgan fingerprint density at radius 3 is 2.46 bits per heavy atom. The first-order valence-electron chi connectivity index (χ1n) is 7.73. The van der Waals surface area contributed by atoms with E-state index in [1.165, 1.54) is 23.8 Å². The van der Waals surface area contributed by atoms with Crippen LogP contribution in [0.15, 0.2) is 42.5 Å². The fraction of sp³-hybridized carbons (Fsp3) is 0.211. The molecule has 0 radical (unpaired) electrons. The molecule has 2 aromatic carbocycles. The van der Waals surface area contributed by atoms with Crippen LogP contribution in [0.2, 0.25) is 0 Å². The molecule has 0 aliphatic carbocycles. The maximum absolute atomic E-state index is 12.4.